The van der Waals surface area contributed by atoms with Crippen LogP contribution < -0.4 is 10.6 Å². The van der Waals surface area contributed by atoms with Gasteiger partial charge in [-0.05, 0) is 25.5 Å². The van der Waals surface area contributed by atoms with Crippen molar-refractivity contribution in [3.8, 4) is 0 Å². The fourth-order valence-electron chi connectivity index (χ4n) is 2.09. The zero-order valence-electron chi connectivity index (χ0n) is 12.1. The first-order chi connectivity index (χ1) is 9.50. The number of carbonyl (C=O) groups excluding carboxylic acids is 1. The average Bonchev–Trinajstić information content (AvgIpc) is 2.43. The lowest BCUT2D eigenvalue weighted by Crippen LogP contribution is -2.50. The van der Waals surface area contributed by atoms with Crippen molar-refractivity contribution in [1.82, 2.24) is 10.6 Å². The molecule has 0 aromatic carbocycles. The minimum Gasteiger partial charge on any atom is -0.481 e. The van der Waals surface area contributed by atoms with Crippen LogP contribution in [-0.4, -0.2) is 54.4 Å². The summed E-state index contributed by atoms with van der Waals surface area (Å²) in [4.78, 5) is 23.2. The molecular formula is C13H24N2O4S. The molecule has 1 atom stereocenters. The molecule has 1 fully saturated rings. The van der Waals surface area contributed by atoms with Crippen LogP contribution in [0, 0.1) is 5.41 Å². The lowest BCUT2D eigenvalue weighted by atomic mass is 9.80. The monoisotopic (exact) mass is 304 g/mol. The smallest absolute Gasteiger partial charge is 0.315 e. The third-order valence-corrected chi connectivity index (χ3v) is 4.58. The van der Waals surface area contributed by atoms with E-state index in [1.807, 2.05) is 6.92 Å². The molecule has 0 aromatic rings. The maximum Gasteiger partial charge on any atom is 0.315 e. The largest absolute Gasteiger partial charge is 0.481 e. The Balaban J connectivity index is 2.39. The molecule has 0 bridgehead atoms. The first-order valence-corrected chi connectivity index (χ1v) is 8.09. The second-order valence-electron chi connectivity index (χ2n) is 5.09. The number of carboxylic acid groups (broad SMARTS) is 1. The first-order valence-electron chi connectivity index (χ1n) is 6.93. The molecule has 2 amide bonds. The van der Waals surface area contributed by atoms with Crippen LogP contribution >= 0.6 is 11.8 Å². The molecule has 1 aliphatic heterocycles. The van der Waals surface area contributed by atoms with Crippen LogP contribution in [0.3, 0.4) is 0 Å². The highest BCUT2D eigenvalue weighted by Gasteiger charge is 2.40. The molecule has 20 heavy (non-hydrogen) atoms. The van der Waals surface area contributed by atoms with E-state index in [1.54, 1.807) is 11.8 Å². The maximum absolute atomic E-state index is 11.8. The standard InChI is InChI=1S/C13H24N2O4S/c1-3-20-8-10(2)15-12(18)14-9-13(11(16)17)4-6-19-7-5-13/h10H,3-9H2,1-2H3,(H,16,17)(H2,14,15,18). The number of thioether (sulfide) groups is 1. The minimum absolute atomic E-state index is 0.0652. The van der Waals surface area contributed by atoms with Gasteiger partial charge in [0.2, 0.25) is 0 Å². The van der Waals surface area contributed by atoms with Gasteiger partial charge in [0.15, 0.2) is 0 Å². The molecule has 0 radical (unpaired) electrons. The normalized spacial score (nSPS) is 19.1. The quantitative estimate of drug-likeness (QED) is 0.660. The predicted molar refractivity (Wildman–Crippen MR) is 79.1 cm³/mol. The van der Waals surface area contributed by atoms with Gasteiger partial charge < -0.3 is 20.5 Å². The van der Waals surface area contributed by atoms with Crippen LogP contribution in [0.4, 0.5) is 4.79 Å². The Morgan fingerprint density at radius 1 is 1.40 bits per heavy atom. The predicted octanol–water partition coefficient (Wildman–Crippen LogP) is 1.31. The molecule has 1 heterocycles. The molecule has 1 aliphatic rings. The van der Waals surface area contributed by atoms with Crippen LogP contribution in [0.25, 0.3) is 0 Å². The molecule has 116 valence electrons. The number of aliphatic carboxylic acids is 1. The van der Waals surface area contributed by atoms with E-state index in [1.165, 1.54) is 0 Å². The first kappa shape index (κ1) is 17.1. The summed E-state index contributed by atoms with van der Waals surface area (Å²) in [6, 6.07) is -0.239. The van der Waals surface area contributed by atoms with Gasteiger partial charge in [-0.1, -0.05) is 6.92 Å². The van der Waals surface area contributed by atoms with Crippen molar-refractivity contribution in [3.63, 3.8) is 0 Å². The molecule has 7 heteroatoms. The molecule has 0 spiro atoms. The van der Waals surface area contributed by atoms with Crippen molar-refractivity contribution in [1.29, 1.82) is 0 Å². The van der Waals surface area contributed by atoms with Gasteiger partial charge in [0.25, 0.3) is 0 Å². The zero-order chi connectivity index (χ0) is 15.0. The molecule has 0 aliphatic carbocycles. The van der Waals surface area contributed by atoms with E-state index in [4.69, 9.17) is 4.74 Å². The van der Waals surface area contributed by atoms with Crippen LogP contribution in [0.2, 0.25) is 0 Å². The Kier molecular flexibility index (Phi) is 7.15. The summed E-state index contributed by atoms with van der Waals surface area (Å²) in [6.07, 6.45) is 0.869. The highest BCUT2D eigenvalue weighted by Crippen LogP contribution is 2.29. The molecule has 1 saturated heterocycles. The van der Waals surface area contributed by atoms with Gasteiger partial charge in [-0.15, -0.1) is 0 Å². The number of hydrogen-bond acceptors (Lipinski definition) is 4. The van der Waals surface area contributed by atoms with Crippen LogP contribution in [0.1, 0.15) is 26.7 Å². The Hall–Kier alpha value is -0.950. The van der Waals surface area contributed by atoms with Gasteiger partial charge in [0, 0.05) is 31.6 Å². The number of rotatable bonds is 7. The van der Waals surface area contributed by atoms with E-state index >= 15 is 0 Å². The Morgan fingerprint density at radius 3 is 2.60 bits per heavy atom. The summed E-state index contributed by atoms with van der Waals surface area (Å²) in [5.74, 6) is 0.994. The van der Waals surface area contributed by atoms with Crippen LogP contribution in [-0.2, 0) is 9.53 Å². The van der Waals surface area contributed by atoms with Crippen molar-refractivity contribution in [2.24, 2.45) is 5.41 Å². The van der Waals surface area contributed by atoms with E-state index in [0.29, 0.717) is 26.1 Å². The van der Waals surface area contributed by atoms with E-state index in [9.17, 15) is 14.7 Å². The van der Waals surface area contributed by atoms with Gasteiger partial charge in [-0.25, -0.2) is 4.79 Å². The zero-order valence-corrected chi connectivity index (χ0v) is 12.9. The number of carbonyl (C=O) groups is 2. The molecule has 0 saturated carbocycles. The van der Waals surface area contributed by atoms with Crippen molar-refractivity contribution < 1.29 is 19.4 Å². The average molecular weight is 304 g/mol. The highest BCUT2D eigenvalue weighted by molar-refractivity contribution is 7.99. The highest BCUT2D eigenvalue weighted by atomic mass is 32.2. The number of hydrogen-bond donors (Lipinski definition) is 3. The summed E-state index contributed by atoms with van der Waals surface area (Å²) in [5, 5.41) is 14.9. The molecule has 3 N–H and O–H groups in total. The van der Waals surface area contributed by atoms with Crippen LogP contribution in [0.15, 0.2) is 0 Å². The molecule has 1 rings (SSSR count). The van der Waals surface area contributed by atoms with Gasteiger partial charge in [-0.3, -0.25) is 4.79 Å². The number of carboxylic acids is 1. The van der Waals surface area contributed by atoms with Gasteiger partial charge >= 0.3 is 12.0 Å². The third-order valence-electron chi connectivity index (χ3n) is 3.44. The summed E-state index contributed by atoms with van der Waals surface area (Å²) >= 11 is 1.76. The molecule has 6 nitrogen and oxygen atoms in total. The molecule has 1 unspecified atom stereocenters. The molecule has 0 aromatic heterocycles. The second kappa shape index (κ2) is 8.36. The number of amides is 2. The maximum atomic E-state index is 11.8. The van der Waals surface area contributed by atoms with Crippen LogP contribution in [0.5, 0.6) is 0 Å². The Labute approximate surface area is 124 Å². The summed E-state index contributed by atoms with van der Waals surface area (Å²) in [7, 11) is 0. The SMILES string of the molecule is CCSCC(C)NC(=O)NCC1(C(=O)O)CCOCC1. The fourth-order valence-corrected chi connectivity index (χ4v) is 2.76. The molecular weight excluding hydrogens is 280 g/mol. The van der Waals surface area contributed by atoms with Gasteiger partial charge in [0.05, 0.1) is 5.41 Å². The van der Waals surface area contributed by atoms with E-state index in [-0.39, 0.29) is 18.6 Å². The number of urea groups is 1. The van der Waals surface area contributed by atoms with Crippen molar-refractivity contribution in [2.45, 2.75) is 32.7 Å². The number of ether oxygens (including phenoxy) is 1. The van der Waals surface area contributed by atoms with Gasteiger partial charge in [0.1, 0.15) is 0 Å². The summed E-state index contributed by atoms with van der Waals surface area (Å²) in [6.45, 7) is 5.01. The van der Waals surface area contributed by atoms with E-state index in [2.05, 4.69) is 17.6 Å². The lowest BCUT2D eigenvalue weighted by Gasteiger charge is -2.33. The van der Waals surface area contributed by atoms with Gasteiger partial charge in [-0.2, -0.15) is 11.8 Å². The Morgan fingerprint density at radius 2 is 2.05 bits per heavy atom. The lowest BCUT2D eigenvalue weighted by molar-refractivity contribution is -0.154. The van der Waals surface area contributed by atoms with Crippen molar-refractivity contribution in [2.75, 3.05) is 31.3 Å². The summed E-state index contributed by atoms with van der Waals surface area (Å²) < 4.78 is 5.20. The third kappa shape index (κ3) is 5.20. The van der Waals surface area contributed by atoms with Crippen molar-refractivity contribution >= 4 is 23.8 Å². The minimum atomic E-state index is -0.892. The van der Waals surface area contributed by atoms with E-state index in [0.717, 1.165) is 11.5 Å². The fraction of sp³-hybridized carbons (Fsp3) is 0.846. The second-order valence-corrected chi connectivity index (χ2v) is 6.40. The Bertz CT molecular complexity index is 332. The number of nitrogens with one attached hydrogen (secondary N) is 2. The van der Waals surface area contributed by atoms with Crippen molar-refractivity contribution in [3.05, 3.63) is 0 Å². The topological polar surface area (TPSA) is 87.7 Å². The summed E-state index contributed by atoms with van der Waals surface area (Å²) in [5.41, 5.74) is -0.892. The van der Waals surface area contributed by atoms with E-state index < -0.39 is 11.4 Å².